The van der Waals surface area contributed by atoms with Crippen LogP contribution in [0, 0.1) is 0 Å². The van der Waals surface area contributed by atoms with Gasteiger partial charge in [-0.25, -0.2) is 0 Å². The van der Waals surface area contributed by atoms with Gasteiger partial charge in [-0.05, 0) is 109 Å². The zero-order chi connectivity index (χ0) is 31.2. The number of hydrogen-bond donors (Lipinski definition) is 2. The summed E-state index contributed by atoms with van der Waals surface area (Å²) in [4.78, 5) is 2.41. The lowest BCUT2D eigenvalue weighted by Gasteiger charge is -2.31. The molecule has 2 heterocycles. The second kappa shape index (κ2) is 11.4. The lowest BCUT2D eigenvalue weighted by molar-refractivity contribution is 0.642. The minimum atomic E-state index is -0.110. The van der Waals surface area contributed by atoms with Gasteiger partial charge in [-0.2, -0.15) is 0 Å². The largest absolute Gasteiger partial charge is 0.366 e. The summed E-state index contributed by atoms with van der Waals surface area (Å²) in [6.07, 6.45) is 2.20. The van der Waals surface area contributed by atoms with Gasteiger partial charge in [-0.15, -0.1) is 0 Å². The maximum Gasteiger partial charge on any atom is 0.132 e. The molecule has 1 unspecified atom stereocenters. The predicted molar refractivity (Wildman–Crippen MR) is 197 cm³/mol. The molecule has 2 aliphatic heterocycles. The number of nitrogens with one attached hydrogen (secondary N) is 2. The molecule has 3 heteroatoms. The number of nitrogens with zero attached hydrogens (tertiary/aromatic N) is 1. The van der Waals surface area contributed by atoms with Gasteiger partial charge in [0.05, 0.1) is 5.70 Å². The summed E-state index contributed by atoms with van der Waals surface area (Å²) in [7, 11) is 0. The van der Waals surface area contributed by atoms with Crippen molar-refractivity contribution in [3.8, 4) is 22.3 Å². The van der Waals surface area contributed by atoms with E-state index in [4.69, 9.17) is 0 Å². The van der Waals surface area contributed by atoms with E-state index in [0.29, 0.717) is 0 Å². The van der Waals surface area contributed by atoms with E-state index in [0.717, 1.165) is 23.8 Å². The standard InChI is InChI=1S/C44H33N3/c1-3-11-30(12-4-1)40-28-42-44(45-29-40)47(41-17-5-2-6-18-41)43(46-42)39-26-37(35-21-19-31-13-7-9-15-33(31)23-35)25-38(27-39)36-22-20-32-14-8-10-16-34(32)24-36/h1-28,43,45-46H,29H2. The van der Waals surface area contributed by atoms with Crippen LogP contribution in [0.5, 0.6) is 0 Å². The SMILES string of the molecule is C1=C(c2ccccc2)CNC2=C1NC(c1cc(-c3ccc4ccccc4c3)cc(-c3ccc4ccccc4c3)c1)N2c1ccccc1. The number of rotatable bonds is 5. The normalized spacial score (nSPS) is 15.7. The third-order valence-electron chi connectivity index (χ3n) is 9.43. The van der Waals surface area contributed by atoms with Crippen LogP contribution in [0.25, 0.3) is 49.4 Å². The van der Waals surface area contributed by atoms with E-state index in [-0.39, 0.29) is 6.17 Å². The van der Waals surface area contributed by atoms with Crippen molar-refractivity contribution >= 4 is 32.8 Å². The van der Waals surface area contributed by atoms with Crippen LogP contribution in [0.15, 0.2) is 181 Å². The minimum Gasteiger partial charge on any atom is -0.366 e. The highest BCUT2D eigenvalue weighted by molar-refractivity contribution is 5.90. The number of allylic oxidation sites excluding steroid dienone is 1. The highest BCUT2D eigenvalue weighted by atomic mass is 15.4. The summed E-state index contributed by atoms with van der Waals surface area (Å²) in [6, 6.07) is 59.2. The molecule has 224 valence electrons. The van der Waals surface area contributed by atoms with Gasteiger partial charge < -0.3 is 15.5 Å². The molecule has 3 nitrogen and oxygen atoms in total. The molecule has 9 rings (SSSR count). The van der Waals surface area contributed by atoms with Crippen LogP contribution in [0.1, 0.15) is 17.3 Å². The van der Waals surface area contributed by atoms with Gasteiger partial charge >= 0.3 is 0 Å². The molecule has 0 amide bonds. The maximum absolute atomic E-state index is 3.94. The first-order valence-corrected chi connectivity index (χ1v) is 16.3. The fraction of sp³-hybridized carbons (Fsp3) is 0.0455. The van der Waals surface area contributed by atoms with Gasteiger partial charge in [-0.3, -0.25) is 0 Å². The number of anilines is 1. The Labute approximate surface area is 275 Å². The van der Waals surface area contributed by atoms with Crippen LogP contribution in [0.2, 0.25) is 0 Å². The Kier molecular flexibility index (Phi) is 6.60. The number of benzene rings is 7. The summed E-state index contributed by atoms with van der Waals surface area (Å²) in [5.41, 5.74) is 10.8. The van der Waals surface area contributed by atoms with Crippen molar-refractivity contribution in [2.45, 2.75) is 6.17 Å². The molecular formula is C44H33N3. The molecule has 0 radical (unpaired) electrons. The molecule has 47 heavy (non-hydrogen) atoms. The second-order valence-electron chi connectivity index (χ2n) is 12.4. The van der Waals surface area contributed by atoms with Gasteiger partial charge in [0.25, 0.3) is 0 Å². The molecule has 2 N–H and O–H groups in total. The first-order valence-electron chi connectivity index (χ1n) is 16.3. The van der Waals surface area contributed by atoms with Crippen LogP contribution < -0.4 is 15.5 Å². The molecule has 0 bridgehead atoms. The van der Waals surface area contributed by atoms with Crippen molar-refractivity contribution in [3.63, 3.8) is 0 Å². The number of fused-ring (bicyclic) bond motifs is 2. The van der Waals surface area contributed by atoms with Crippen molar-refractivity contribution in [3.05, 3.63) is 193 Å². The molecule has 7 aromatic carbocycles. The van der Waals surface area contributed by atoms with E-state index in [2.05, 4.69) is 185 Å². The van der Waals surface area contributed by atoms with Gasteiger partial charge in [0.15, 0.2) is 0 Å². The topological polar surface area (TPSA) is 27.3 Å². The van der Waals surface area contributed by atoms with Gasteiger partial charge in [0.2, 0.25) is 0 Å². The molecule has 7 aromatic rings. The molecule has 0 saturated carbocycles. The third kappa shape index (κ3) is 5.03. The highest BCUT2D eigenvalue weighted by Crippen LogP contribution is 2.41. The summed E-state index contributed by atoms with van der Waals surface area (Å²) in [5.74, 6) is 1.10. The Morgan fingerprint density at radius 1 is 0.468 bits per heavy atom. The molecule has 2 aliphatic rings. The quantitative estimate of drug-likeness (QED) is 0.205. The fourth-order valence-corrected chi connectivity index (χ4v) is 7.05. The predicted octanol–water partition coefficient (Wildman–Crippen LogP) is 10.3. The van der Waals surface area contributed by atoms with Crippen molar-refractivity contribution in [2.24, 2.45) is 0 Å². The average Bonchev–Trinajstić information content (AvgIpc) is 3.54. The zero-order valence-corrected chi connectivity index (χ0v) is 25.9. The van der Waals surface area contributed by atoms with Gasteiger partial charge in [0, 0.05) is 12.2 Å². The van der Waals surface area contributed by atoms with E-state index in [9.17, 15) is 0 Å². The lowest BCUT2D eigenvalue weighted by Crippen LogP contribution is -2.34. The number of dihydropyridines is 1. The highest BCUT2D eigenvalue weighted by Gasteiger charge is 2.35. The number of hydrogen-bond acceptors (Lipinski definition) is 3. The molecular weight excluding hydrogens is 571 g/mol. The van der Waals surface area contributed by atoms with Crippen molar-refractivity contribution in [1.29, 1.82) is 0 Å². The van der Waals surface area contributed by atoms with Crippen molar-refractivity contribution in [1.82, 2.24) is 10.6 Å². The zero-order valence-electron chi connectivity index (χ0n) is 25.9. The summed E-state index contributed by atoms with van der Waals surface area (Å²) >= 11 is 0. The van der Waals surface area contributed by atoms with E-state index in [1.165, 1.54) is 60.5 Å². The molecule has 0 aromatic heterocycles. The molecule has 0 fully saturated rings. The summed E-state index contributed by atoms with van der Waals surface area (Å²) in [5, 5.41) is 12.7. The Hall–Kier alpha value is -6.06. The summed E-state index contributed by atoms with van der Waals surface area (Å²) in [6.45, 7) is 0.764. The van der Waals surface area contributed by atoms with E-state index >= 15 is 0 Å². The van der Waals surface area contributed by atoms with Gasteiger partial charge in [-0.1, -0.05) is 121 Å². The van der Waals surface area contributed by atoms with Gasteiger partial charge in [0.1, 0.15) is 12.0 Å². The Balaban J connectivity index is 1.21. The number of para-hydroxylation sites is 1. The lowest BCUT2D eigenvalue weighted by atomic mass is 9.93. The van der Waals surface area contributed by atoms with Crippen LogP contribution in [-0.2, 0) is 0 Å². The smallest absolute Gasteiger partial charge is 0.132 e. The molecule has 0 saturated heterocycles. The van der Waals surface area contributed by atoms with Crippen molar-refractivity contribution < 1.29 is 0 Å². The molecule has 1 atom stereocenters. The minimum absolute atomic E-state index is 0.110. The summed E-state index contributed by atoms with van der Waals surface area (Å²) < 4.78 is 0. The molecule has 0 spiro atoms. The average molecular weight is 604 g/mol. The van der Waals surface area contributed by atoms with E-state index < -0.39 is 0 Å². The van der Waals surface area contributed by atoms with E-state index in [1.54, 1.807) is 0 Å². The molecule has 0 aliphatic carbocycles. The van der Waals surface area contributed by atoms with Crippen LogP contribution in [0.4, 0.5) is 5.69 Å². The van der Waals surface area contributed by atoms with Crippen molar-refractivity contribution in [2.75, 3.05) is 11.4 Å². The van der Waals surface area contributed by atoms with Crippen LogP contribution in [0.3, 0.4) is 0 Å². The van der Waals surface area contributed by atoms with E-state index in [1.807, 2.05) is 0 Å². The monoisotopic (exact) mass is 603 g/mol. The Morgan fingerprint density at radius 2 is 1.02 bits per heavy atom. The van der Waals surface area contributed by atoms with Crippen LogP contribution in [-0.4, -0.2) is 6.54 Å². The first kappa shape index (κ1) is 27.3. The fourth-order valence-electron chi connectivity index (χ4n) is 7.05. The Morgan fingerprint density at radius 3 is 1.64 bits per heavy atom. The first-order chi connectivity index (χ1) is 23.3. The maximum atomic E-state index is 3.94. The second-order valence-corrected chi connectivity index (χ2v) is 12.4. The van der Waals surface area contributed by atoms with Crippen LogP contribution >= 0.6 is 0 Å². The third-order valence-corrected chi connectivity index (χ3v) is 9.43. The Bertz CT molecular complexity index is 2240.